The lowest BCUT2D eigenvalue weighted by molar-refractivity contribution is -0.114. The topological polar surface area (TPSA) is 54.1 Å². The summed E-state index contributed by atoms with van der Waals surface area (Å²) in [5, 5.41) is 3.84. The molecule has 0 unspecified atom stereocenters. The van der Waals surface area contributed by atoms with Gasteiger partial charge >= 0.3 is 0 Å². The predicted molar refractivity (Wildman–Crippen MR) is 114 cm³/mol. The molecule has 1 amide bonds. The fraction of sp³-hybridized carbons (Fsp3) is 0.375. The van der Waals surface area contributed by atoms with E-state index in [1.807, 2.05) is 24.4 Å². The molecule has 1 heterocycles. The molecule has 2 aromatic carbocycles. The van der Waals surface area contributed by atoms with Gasteiger partial charge in [0.2, 0.25) is 5.91 Å². The molecule has 1 aromatic heterocycles. The number of amides is 1. The molecule has 0 aliphatic heterocycles. The van der Waals surface area contributed by atoms with Crippen LogP contribution in [0.15, 0.2) is 54.7 Å². The maximum absolute atomic E-state index is 11.4. The molecule has 0 saturated heterocycles. The second kappa shape index (κ2) is 8.09. The molecule has 146 valence electrons. The van der Waals surface area contributed by atoms with Crippen molar-refractivity contribution < 1.29 is 9.53 Å². The maximum Gasteiger partial charge on any atom is 0.221 e. The van der Waals surface area contributed by atoms with Crippen LogP contribution in [0.2, 0.25) is 0 Å². The van der Waals surface area contributed by atoms with Gasteiger partial charge in [0, 0.05) is 24.0 Å². The number of fused-ring (bicyclic) bond motifs is 1. The molecule has 4 heteroatoms. The number of benzene rings is 2. The van der Waals surface area contributed by atoms with E-state index in [9.17, 15) is 4.79 Å². The standard InChI is InChI=1S/C24H28N2O2/c1-18(27)26-23-17-25-22-9-8-20(16-21(22)23)28-15-14-24(11-5-12-24)13-10-19-6-3-2-4-7-19/h2-4,6-9,16-17,25H,5,10-15H2,1H3,(H,26,27). The summed E-state index contributed by atoms with van der Waals surface area (Å²) in [6.07, 6.45) is 9.27. The van der Waals surface area contributed by atoms with Gasteiger partial charge in [-0.2, -0.15) is 0 Å². The van der Waals surface area contributed by atoms with Gasteiger partial charge < -0.3 is 15.0 Å². The number of aromatic amines is 1. The van der Waals surface area contributed by atoms with Gasteiger partial charge in [0.25, 0.3) is 0 Å². The Morgan fingerprint density at radius 3 is 2.68 bits per heavy atom. The molecule has 1 aliphatic carbocycles. The predicted octanol–water partition coefficient (Wildman–Crippen LogP) is 5.70. The van der Waals surface area contributed by atoms with Crippen LogP contribution in [0.25, 0.3) is 10.9 Å². The van der Waals surface area contributed by atoms with Gasteiger partial charge in [0.1, 0.15) is 5.75 Å². The highest BCUT2D eigenvalue weighted by molar-refractivity contribution is 6.01. The summed E-state index contributed by atoms with van der Waals surface area (Å²) in [4.78, 5) is 14.6. The van der Waals surface area contributed by atoms with Gasteiger partial charge in [-0.1, -0.05) is 36.8 Å². The number of aryl methyl sites for hydroxylation is 1. The first kappa shape index (κ1) is 18.6. The van der Waals surface area contributed by atoms with Gasteiger partial charge in [-0.15, -0.1) is 0 Å². The van der Waals surface area contributed by atoms with Gasteiger partial charge in [-0.25, -0.2) is 0 Å². The number of hydrogen-bond acceptors (Lipinski definition) is 2. The van der Waals surface area contributed by atoms with Crippen LogP contribution in [0.4, 0.5) is 5.69 Å². The Morgan fingerprint density at radius 1 is 1.14 bits per heavy atom. The number of aromatic nitrogens is 1. The molecule has 28 heavy (non-hydrogen) atoms. The third-order valence-electron chi connectivity index (χ3n) is 6.07. The molecule has 0 spiro atoms. The molecule has 3 aromatic rings. The zero-order valence-corrected chi connectivity index (χ0v) is 16.5. The summed E-state index contributed by atoms with van der Waals surface area (Å²) in [6, 6.07) is 16.8. The third-order valence-corrected chi connectivity index (χ3v) is 6.07. The smallest absolute Gasteiger partial charge is 0.221 e. The minimum absolute atomic E-state index is 0.0717. The van der Waals surface area contributed by atoms with E-state index in [1.165, 1.54) is 38.2 Å². The Balaban J connectivity index is 1.35. The highest BCUT2D eigenvalue weighted by atomic mass is 16.5. The van der Waals surface area contributed by atoms with E-state index in [4.69, 9.17) is 4.74 Å². The van der Waals surface area contributed by atoms with E-state index >= 15 is 0 Å². The molecule has 4 rings (SSSR count). The Hall–Kier alpha value is -2.75. The SMILES string of the molecule is CC(=O)Nc1c[nH]c2ccc(OCCC3(CCc4ccccc4)CCC3)cc12. The third kappa shape index (κ3) is 4.22. The van der Waals surface area contributed by atoms with Crippen molar-refractivity contribution in [3.63, 3.8) is 0 Å². The minimum Gasteiger partial charge on any atom is -0.494 e. The van der Waals surface area contributed by atoms with Crippen molar-refractivity contribution in [3.8, 4) is 5.75 Å². The van der Waals surface area contributed by atoms with Crippen molar-refractivity contribution in [2.45, 2.75) is 45.4 Å². The van der Waals surface area contributed by atoms with Crippen LogP contribution in [0, 0.1) is 5.41 Å². The van der Waals surface area contributed by atoms with E-state index in [0.717, 1.165) is 41.8 Å². The number of carbonyl (C=O) groups excluding carboxylic acids is 1. The van der Waals surface area contributed by atoms with Crippen LogP contribution in [-0.4, -0.2) is 17.5 Å². The van der Waals surface area contributed by atoms with Crippen LogP contribution < -0.4 is 10.1 Å². The van der Waals surface area contributed by atoms with Crippen molar-refractivity contribution in [1.82, 2.24) is 4.98 Å². The van der Waals surface area contributed by atoms with Gasteiger partial charge in [0.05, 0.1) is 12.3 Å². The van der Waals surface area contributed by atoms with Crippen LogP contribution >= 0.6 is 0 Å². The average molecular weight is 377 g/mol. The first-order valence-corrected chi connectivity index (χ1v) is 10.2. The molecule has 1 saturated carbocycles. The normalized spacial score (nSPS) is 15.2. The largest absolute Gasteiger partial charge is 0.494 e. The molecule has 0 bridgehead atoms. The van der Waals surface area contributed by atoms with Crippen molar-refractivity contribution in [2.75, 3.05) is 11.9 Å². The number of nitrogens with one attached hydrogen (secondary N) is 2. The van der Waals surface area contributed by atoms with Crippen LogP contribution in [0.5, 0.6) is 5.75 Å². The van der Waals surface area contributed by atoms with Crippen LogP contribution in [0.1, 0.15) is 44.6 Å². The number of rotatable bonds is 8. The van der Waals surface area contributed by atoms with Crippen molar-refractivity contribution in [3.05, 3.63) is 60.3 Å². The fourth-order valence-corrected chi connectivity index (χ4v) is 4.22. The first-order valence-electron chi connectivity index (χ1n) is 10.2. The lowest BCUT2D eigenvalue weighted by Gasteiger charge is -2.42. The van der Waals surface area contributed by atoms with E-state index in [1.54, 1.807) is 0 Å². The van der Waals surface area contributed by atoms with Crippen LogP contribution in [0.3, 0.4) is 0 Å². The van der Waals surface area contributed by atoms with Gasteiger partial charge in [-0.3, -0.25) is 4.79 Å². The summed E-state index contributed by atoms with van der Waals surface area (Å²) in [5.41, 5.74) is 3.66. The zero-order chi connectivity index (χ0) is 19.4. The minimum atomic E-state index is -0.0717. The number of anilines is 1. The lowest BCUT2D eigenvalue weighted by Crippen LogP contribution is -2.31. The molecular weight excluding hydrogens is 348 g/mol. The van der Waals surface area contributed by atoms with Crippen molar-refractivity contribution >= 4 is 22.5 Å². The molecule has 0 atom stereocenters. The van der Waals surface area contributed by atoms with E-state index < -0.39 is 0 Å². The number of ether oxygens (including phenoxy) is 1. The highest BCUT2D eigenvalue weighted by Gasteiger charge is 2.36. The molecule has 1 aliphatic rings. The second-order valence-corrected chi connectivity index (χ2v) is 8.03. The molecular formula is C24H28N2O2. The summed E-state index contributed by atoms with van der Waals surface area (Å²) in [5.74, 6) is 0.786. The van der Waals surface area contributed by atoms with Gasteiger partial charge in [-0.05, 0) is 61.3 Å². The second-order valence-electron chi connectivity index (χ2n) is 8.03. The molecule has 2 N–H and O–H groups in total. The fourth-order valence-electron chi connectivity index (χ4n) is 4.22. The number of H-pyrrole nitrogens is 1. The van der Waals surface area contributed by atoms with E-state index in [2.05, 4.69) is 40.6 Å². The monoisotopic (exact) mass is 376 g/mol. The Morgan fingerprint density at radius 2 is 1.96 bits per heavy atom. The summed E-state index contributed by atoms with van der Waals surface area (Å²) in [7, 11) is 0. The first-order chi connectivity index (χ1) is 13.6. The molecule has 1 fully saturated rings. The zero-order valence-electron chi connectivity index (χ0n) is 16.5. The molecule has 0 radical (unpaired) electrons. The van der Waals surface area contributed by atoms with E-state index in [-0.39, 0.29) is 5.91 Å². The summed E-state index contributed by atoms with van der Waals surface area (Å²) < 4.78 is 6.10. The summed E-state index contributed by atoms with van der Waals surface area (Å²) >= 11 is 0. The van der Waals surface area contributed by atoms with Crippen molar-refractivity contribution in [1.29, 1.82) is 0 Å². The number of hydrogen-bond donors (Lipinski definition) is 2. The maximum atomic E-state index is 11.4. The Labute approximate surface area is 166 Å². The average Bonchev–Trinajstić information content (AvgIpc) is 3.05. The quantitative estimate of drug-likeness (QED) is 0.530. The molecule has 4 nitrogen and oxygen atoms in total. The number of carbonyl (C=O) groups is 1. The van der Waals surface area contributed by atoms with E-state index in [0.29, 0.717) is 5.41 Å². The Bertz CT molecular complexity index is 942. The van der Waals surface area contributed by atoms with Gasteiger partial charge in [0.15, 0.2) is 0 Å². The lowest BCUT2D eigenvalue weighted by atomic mass is 9.64. The van der Waals surface area contributed by atoms with Crippen molar-refractivity contribution in [2.24, 2.45) is 5.41 Å². The van der Waals surface area contributed by atoms with Crippen LogP contribution in [-0.2, 0) is 11.2 Å². The Kier molecular flexibility index (Phi) is 5.38. The highest BCUT2D eigenvalue weighted by Crippen LogP contribution is 2.47. The summed E-state index contributed by atoms with van der Waals surface area (Å²) in [6.45, 7) is 2.26.